The minimum atomic E-state index is -3.58. The predicted molar refractivity (Wildman–Crippen MR) is 123 cm³/mol. The molecule has 0 aliphatic carbocycles. The van der Waals surface area contributed by atoms with E-state index in [1.165, 1.54) is 18.4 Å². The average molecular weight is 433 g/mol. The van der Waals surface area contributed by atoms with E-state index in [2.05, 4.69) is 4.72 Å². The molecule has 4 aromatic rings. The standard InChI is InChI=1S/C24H19NO5S/c1-31(27,28)25-21-15-22-20(14-23(21)30-19-10-6-3-7-11-19)24(26)18(16-29-22)13-12-17-8-4-2-5-9-17/h2-16,25H,1H3/b13-12+. The molecule has 0 atom stereocenters. The molecule has 7 heteroatoms. The Hall–Kier alpha value is -3.84. The lowest BCUT2D eigenvalue weighted by atomic mass is 10.1. The summed E-state index contributed by atoms with van der Waals surface area (Å²) < 4.78 is 37.5. The van der Waals surface area contributed by atoms with Crippen LogP contribution >= 0.6 is 0 Å². The van der Waals surface area contributed by atoms with Gasteiger partial charge in [0.2, 0.25) is 10.0 Å². The van der Waals surface area contributed by atoms with Crippen LogP contribution in [-0.4, -0.2) is 14.7 Å². The van der Waals surface area contributed by atoms with Crippen LogP contribution in [0.25, 0.3) is 23.1 Å². The third-order valence-electron chi connectivity index (χ3n) is 4.42. The molecule has 1 heterocycles. The van der Waals surface area contributed by atoms with E-state index in [4.69, 9.17) is 9.15 Å². The summed E-state index contributed by atoms with van der Waals surface area (Å²) in [5.41, 5.74) is 1.48. The van der Waals surface area contributed by atoms with Crippen LogP contribution in [0.1, 0.15) is 11.1 Å². The molecule has 0 spiro atoms. The first-order valence-corrected chi connectivity index (χ1v) is 11.3. The van der Waals surface area contributed by atoms with Crippen LogP contribution < -0.4 is 14.9 Å². The fourth-order valence-corrected chi connectivity index (χ4v) is 3.57. The van der Waals surface area contributed by atoms with Crippen molar-refractivity contribution < 1.29 is 17.6 Å². The lowest BCUT2D eigenvalue weighted by molar-refractivity contribution is 0.485. The number of ether oxygens (including phenoxy) is 1. The van der Waals surface area contributed by atoms with Crippen LogP contribution in [0.15, 0.2) is 88.3 Å². The lowest BCUT2D eigenvalue weighted by Crippen LogP contribution is -2.11. The molecular formula is C24H19NO5S. The topological polar surface area (TPSA) is 85.6 Å². The molecule has 156 valence electrons. The van der Waals surface area contributed by atoms with Gasteiger partial charge in [-0.25, -0.2) is 8.42 Å². The first-order valence-electron chi connectivity index (χ1n) is 9.42. The van der Waals surface area contributed by atoms with Gasteiger partial charge in [-0.3, -0.25) is 9.52 Å². The van der Waals surface area contributed by atoms with E-state index >= 15 is 0 Å². The van der Waals surface area contributed by atoms with Crippen molar-refractivity contribution in [2.75, 3.05) is 11.0 Å². The number of anilines is 1. The molecule has 0 unspecified atom stereocenters. The minimum absolute atomic E-state index is 0.176. The molecule has 0 saturated heterocycles. The Bertz CT molecular complexity index is 1410. The summed E-state index contributed by atoms with van der Waals surface area (Å²) in [6.07, 6.45) is 5.89. The van der Waals surface area contributed by atoms with Crippen LogP contribution in [0.3, 0.4) is 0 Å². The van der Waals surface area contributed by atoms with Gasteiger partial charge in [0.05, 0.1) is 22.9 Å². The second-order valence-corrected chi connectivity index (χ2v) is 8.65. The summed E-state index contributed by atoms with van der Waals surface area (Å²) in [7, 11) is -3.58. The fourth-order valence-electron chi connectivity index (χ4n) is 3.02. The van der Waals surface area contributed by atoms with Gasteiger partial charge >= 0.3 is 0 Å². The molecule has 0 amide bonds. The quantitative estimate of drug-likeness (QED) is 0.456. The zero-order valence-electron chi connectivity index (χ0n) is 16.6. The normalized spacial score (nSPS) is 11.6. The monoisotopic (exact) mass is 433 g/mol. The number of fused-ring (bicyclic) bond motifs is 1. The molecule has 0 saturated carbocycles. The highest BCUT2D eigenvalue weighted by Crippen LogP contribution is 2.33. The molecule has 0 bridgehead atoms. The third-order valence-corrected chi connectivity index (χ3v) is 5.01. The summed E-state index contributed by atoms with van der Waals surface area (Å²) in [5.74, 6) is 0.698. The van der Waals surface area contributed by atoms with Crippen molar-refractivity contribution in [2.24, 2.45) is 0 Å². The Morgan fingerprint density at radius 2 is 1.61 bits per heavy atom. The maximum absolute atomic E-state index is 13.0. The highest BCUT2D eigenvalue weighted by molar-refractivity contribution is 7.92. The number of para-hydroxylation sites is 1. The third kappa shape index (κ3) is 5.02. The molecule has 0 radical (unpaired) electrons. The first kappa shape index (κ1) is 20.4. The van der Waals surface area contributed by atoms with Gasteiger partial charge in [0.15, 0.2) is 11.2 Å². The molecule has 0 aliphatic heterocycles. The SMILES string of the molecule is CS(=O)(=O)Nc1cc2occ(/C=C/c3ccccc3)c(=O)c2cc1Oc1ccccc1. The van der Waals surface area contributed by atoms with Crippen molar-refractivity contribution in [3.05, 3.63) is 100 Å². The number of hydrogen-bond donors (Lipinski definition) is 1. The number of rotatable bonds is 6. The molecule has 1 aromatic heterocycles. The Labute approximate surface area is 179 Å². The highest BCUT2D eigenvalue weighted by Gasteiger charge is 2.15. The van der Waals surface area contributed by atoms with Crippen LogP contribution in [-0.2, 0) is 10.0 Å². The second kappa shape index (κ2) is 8.49. The molecule has 3 aromatic carbocycles. The minimum Gasteiger partial charge on any atom is -0.463 e. The Kier molecular flexibility index (Phi) is 5.60. The maximum atomic E-state index is 13.0. The van der Waals surface area contributed by atoms with Gasteiger partial charge in [0, 0.05) is 6.07 Å². The van der Waals surface area contributed by atoms with E-state index in [-0.39, 0.29) is 27.8 Å². The van der Waals surface area contributed by atoms with Gasteiger partial charge in [-0.1, -0.05) is 54.6 Å². The van der Waals surface area contributed by atoms with E-state index in [1.54, 1.807) is 30.3 Å². The smallest absolute Gasteiger partial charge is 0.229 e. The Balaban J connectivity index is 1.81. The fraction of sp³-hybridized carbons (Fsp3) is 0.0417. The number of sulfonamides is 1. The van der Waals surface area contributed by atoms with Crippen molar-refractivity contribution in [2.45, 2.75) is 0 Å². The van der Waals surface area contributed by atoms with E-state index < -0.39 is 10.0 Å². The highest BCUT2D eigenvalue weighted by atomic mass is 32.2. The number of nitrogens with one attached hydrogen (secondary N) is 1. The molecule has 0 aliphatic rings. The van der Waals surface area contributed by atoms with Crippen LogP contribution in [0.2, 0.25) is 0 Å². The van der Waals surface area contributed by atoms with Gasteiger partial charge in [0.25, 0.3) is 0 Å². The molecule has 6 nitrogen and oxygen atoms in total. The van der Waals surface area contributed by atoms with Crippen molar-refractivity contribution >= 4 is 38.8 Å². The van der Waals surface area contributed by atoms with Crippen LogP contribution in [0.5, 0.6) is 11.5 Å². The molecule has 0 fully saturated rings. The first-order chi connectivity index (χ1) is 14.9. The van der Waals surface area contributed by atoms with Crippen LogP contribution in [0, 0.1) is 0 Å². The molecule has 1 N–H and O–H groups in total. The summed E-state index contributed by atoms with van der Waals surface area (Å²) in [5, 5.41) is 0.278. The van der Waals surface area contributed by atoms with E-state index in [0.29, 0.717) is 11.3 Å². The summed E-state index contributed by atoms with van der Waals surface area (Å²) in [6.45, 7) is 0. The largest absolute Gasteiger partial charge is 0.463 e. The molecule has 31 heavy (non-hydrogen) atoms. The summed E-state index contributed by atoms with van der Waals surface area (Å²) in [4.78, 5) is 13.0. The number of benzene rings is 3. The van der Waals surface area contributed by atoms with Crippen molar-refractivity contribution in [3.8, 4) is 11.5 Å². The zero-order valence-corrected chi connectivity index (χ0v) is 17.4. The average Bonchev–Trinajstić information content (AvgIpc) is 2.75. The zero-order chi connectivity index (χ0) is 21.8. The van der Waals surface area contributed by atoms with Gasteiger partial charge in [-0.05, 0) is 29.8 Å². The van der Waals surface area contributed by atoms with Gasteiger partial charge in [0.1, 0.15) is 17.6 Å². The molecule has 4 rings (SSSR count). The van der Waals surface area contributed by atoms with Crippen LogP contribution in [0.4, 0.5) is 5.69 Å². The van der Waals surface area contributed by atoms with E-state index in [9.17, 15) is 13.2 Å². The summed E-state index contributed by atoms with van der Waals surface area (Å²) in [6, 6.07) is 21.4. The van der Waals surface area contributed by atoms with Crippen molar-refractivity contribution in [1.29, 1.82) is 0 Å². The summed E-state index contributed by atoms with van der Waals surface area (Å²) >= 11 is 0. The van der Waals surface area contributed by atoms with Gasteiger partial charge in [-0.15, -0.1) is 0 Å². The van der Waals surface area contributed by atoms with Gasteiger partial charge < -0.3 is 9.15 Å². The number of hydrogen-bond acceptors (Lipinski definition) is 5. The maximum Gasteiger partial charge on any atom is 0.229 e. The van der Waals surface area contributed by atoms with Crippen molar-refractivity contribution in [1.82, 2.24) is 0 Å². The second-order valence-electron chi connectivity index (χ2n) is 6.90. The lowest BCUT2D eigenvalue weighted by Gasteiger charge is -2.13. The van der Waals surface area contributed by atoms with E-state index in [0.717, 1.165) is 11.8 Å². The Morgan fingerprint density at radius 1 is 0.935 bits per heavy atom. The molecular weight excluding hydrogens is 414 g/mol. The Morgan fingerprint density at radius 3 is 2.29 bits per heavy atom. The van der Waals surface area contributed by atoms with E-state index in [1.807, 2.05) is 42.5 Å². The van der Waals surface area contributed by atoms with Gasteiger partial charge in [-0.2, -0.15) is 0 Å². The predicted octanol–water partition coefficient (Wildman–Crippen LogP) is 5.13. The van der Waals surface area contributed by atoms with Crippen molar-refractivity contribution in [3.63, 3.8) is 0 Å².